The van der Waals surface area contributed by atoms with Crippen LogP contribution in [0.1, 0.15) is 38.7 Å². The molecule has 4 nitrogen and oxygen atoms in total. The molecule has 0 amide bonds. The Morgan fingerprint density at radius 3 is 2.45 bits per heavy atom. The molecule has 0 radical (unpaired) electrons. The number of benzene rings is 1. The van der Waals surface area contributed by atoms with Gasteiger partial charge in [-0.25, -0.2) is 0 Å². The zero-order valence-electron chi connectivity index (χ0n) is 13.6. The molecule has 1 N–H and O–H groups in total. The smallest absolute Gasteiger partial charge is 0.257 e. The van der Waals surface area contributed by atoms with Gasteiger partial charge < -0.3 is 5.11 Å². The van der Waals surface area contributed by atoms with Crippen LogP contribution in [0.25, 0.3) is 0 Å². The number of hydrogen-bond donors (Lipinski definition) is 1. The lowest BCUT2D eigenvalue weighted by Gasteiger charge is -2.06. The van der Waals surface area contributed by atoms with Crippen LogP contribution in [0.15, 0.2) is 46.3 Å². The van der Waals surface area contributed by atoms with Crippen molar-refractivity contribution in [2.75, 3.05) is 5.75 Å². The second-order valence-corrected chi connectivity index (χ2v) is 6.18. The van der Waals surface area contributed by atoms with E-state index in [0.29, 0.717) is 11.1 Å². The van der Waals surface area contributed by atoms with Crippen molar-refractivity contribution in [1.82, 2.24) is 9.55 Å². The quantitative estimate of drug-likeness (QED) is 0.688. The van der Waals surface area contributed by atoms with E-state index in [-0.39, 0.29) is 11.4 Å². The summed E-state index contributed by atoms with van der Waals surface area (Å²) in [6.07, 6.45) is 1.23. The average Bonchev–Trinajstić information content (AvgIpc) is 2.53. The zero-order chi connectivity index (χ0) is 16.5. The Kier molecular flexibility index (Phi) is 7.74. The van der Waals surface area contributed by atoms with Gasteiger partial charge in [-0.15, -0.1) is 0 Å². The van der Waals surface area contributed by atoms with Gasteiger partial charge in [0, 0.05) is 7.05 Å². The molecule has 0 saturated heterocycles. The monoisotopic (exact) mass is 320 g/mol. The van der Waals surface area contributed by atoms with Crippen molar-refractivity contribution in [1.29, 1.82) is 0 Å². The highest BCUT2D eigenvalue weighted by molar-refractivity contribution is 7.99. The maximum Gasteiger partial charge on any atom is 0.257 e. The van der Waals surface area contributed by atoms with Gasteiger partial charge in [0.1, 0.15) is 0 Å². The molecule has 1 heterocycles. The maximum atomic E-state index is 11.1. The molecule has 0 aliphatic carbocycles. The van der Waals surface area contributed by atoms with Gasteiger partial charge in [-0.3, -0.25) is 9.36 Å². The molecule has 1 unspecified atom stereocenters. The van der Waals surface area contributed by atoms with E-state index in [1.54, 1.807) is 7.05 Å². The van der Waals surface area contributed by atoms with Crippen molar-refractivity contribution < 1.29 is 5.11 Å². The molecule has 22 heavy (non-hydrogen) atoms. The van der Waals surface area contributed by atoms with Gasteiger partial charge in [0.25, 0.3) is 5.56 Å². The second-order valence-electron chi connectivity index (χ2n) is 4.95. The van der Waals surface area contributed by atoms with Gasteiger partial charge in [-0.2, -0.15) is 4.98 Å². The van der Waals surface area contributed by atoms with Gasteiger partial charge in [-0.05, 0) is 23.7 Å². The molecule has 5 heteroatoms. The Morgan fingerprint density at radius 2 is 1.91 bits per heavy atom. The first kappa shape index (κ1) is 18.3. The van der Waals surface area contributed by atoms with E-state index < -0.39 is 0 Å². The summed E-state index contributed by atoms with van der Waals surface area (Å²) in [7, 11) is 1.63. The highest BCUT2D eigenvalue weighted by atomic mass is 32.2. The minimum Gasteiger partial charge on any atom is -0.493 e. The van der Waals surface area contributed by atoms with Crippen LogP contribution in [0.4, 0.5) is 0 Å². The van der Waals surface area contributed by atoms with Crippen molar-refractivity contribution in [3.05, 3.63) is 52.3 Å². The molecule has 1 aromatic carbocycles. The van der Waals surface area contributed by atoms with Crippen LogP contribution in [-0.4, -0.2) is 20.4 Å². The minimum atomic E-state index is -0.238. The van der Waals surface area contributed by atoms with Crippen molar-refractivity contribution >= 4 is 11.8 Å². The topological polar surface area (TPSA) is 55.1 Å². The first-order valence-corrected chi connectivity index (χ1v) is 8.42. The first-order chi connectivity index (χ1) is 10.5. The third kappa shape index (κ3) is 5.56. The average molecular weight is 320 g/mol. The molecule has 0 aliphatic heterocycles. The highest BCUT2D eigenvalue weighted by Gasteiger charge is 2.03. The Bertz CT molecular complexity index is 626. The van der Waals surface area contributed by atoms with Crippen molar-refractivity contribution in [2.45, 2.75) is 38.3 Å². The molecule has 0 aliphatic rings. The highest BCUT2D eigenvalue weighted by Crippen LogP contribution is 2.17. The molecule has 0 saturated carbocycles. The second kappa shape index (κ2) is 9.30. The van der Waals surface area contributed by atoms with Crippen LogP contribution in [0.3, 0.4) is 0 Å². The molecule has 0 bridgehead atoms. The lowest BCUT2D eigenvalue weighted by molar-refractivity contribution is 0.437. The summed E-state index contributed by atoms with van der Waals surface area (Å²) in [5.41, 5.74) is 1.21. The van der Waals surface area contributed by atoms with Crippen molar-refractivity contribution in [2.24, 2.45) is 7.05 Å². The number of aromatic nitrogens is 2. The fraction of sp³-hybridized carbons (Fsp3) is 0.412. The third-order valence-electron chi connectivity index (χ3n) is 3.33. The fourth-order valence-corrected chi connectivity index (χ4v) is 2.48. The largest absolute Gasteiger partial charge is 0.493 e. The summed E-state index contributed by atoms with van der Waals surface area (Å²) in [5.74, 6) is 1.32. The van der Waals surface area contributed by atoms with Crippen LogP contribution in [-0.2, 0) is 7.05 Å². The Morgan fingerprint density at radius 1 is 1.27 bits per heavy atom. The third-order valence-corrected chi connectivity index (χ3v) is 4.25. The lowest BCUT2D eigenvalue weighted by Crippen LogP contribution is -2.18. The predicted molar refractivity (Wildman–Crippen MR) is 92.7 cm³/mol. The van der Waals surface area contributed by atoms with Crippen LogP contribution >= 0.6 is 11.8 Å². The summed E-state index contributed by atoms with van der Waals surface area (Å²) < 4.78 is 1.41. The molecule has 0 fully saturated rings. The first-order valence-electron chi connectivity index (χ1n) is 7.44. The van der Waals surface area contributed by atoms with E-state index >= 15 is 0 Å². The van der Waals surface area contributed by atoms with E-state index in [2.05, 4.69) is 49.2 Å². The molecule has 1 atom stereocenters. The Labute approximate surface area is 136 Å². The summed E-state index contributed by atoms with van der Waals surface area (Å²) in [4.78, 5) is 14.9. The number of thioether (sulfide) groups is 1. The van der Waals surface area contributed by atoms with E-state index in [9.17, 15) is 4.79 Å². The zero-order valence-corrected chi connectivity index (χ0v) is 14.4. The lowest BCUT2D eigenvalue weighted by atomic mass is 9.99. The molecule has 1 aromatic heterocycles. The molecular formula is C17H24N2O2S. The van der Waals surface area contributed by atoms with Crippen LogP contribution in [0, 0.1) is 0 Å². The predicted octanol–water partition coefficient (Wildman–Crippen LogP) is 3.80. The van der Waals surface area contributed by atoms with E-state index in [1.165, 1.54) is 28.3 Å². The molecular weight excluding hydrogens is 296 g/mol. The van der Waals surface area contributed by atoms with E-state index in [0.717, 1.165) is 11.8 Å². The summed E-state index contributed by atoms with van der Waals surface area (Å²) in [6, 6.07) is 11.7. The van der Waals surface area contributed by atoms with Gasteiger partial charge in [0.2, 0.25) is 5.88 Å². The normalized spacial score (nSPS) is 11.5. The van der Waals surface area contributed by atoms with Gasteiger partial charge in [0.15, 0.2) is 5.16 Å². The fourth-order valence-electron chi connectivity index (χ4n) is 1.78. The SMILES string of the molecule is CCC(C)c1ccccc1.CCSc1nc(O)cc(=O)n1C. The summed E-state index contributed by atoms with van der Waals surface area (Å²) in [6.45, 7) is 6.44. The van der Waals surface area contributed by atoms with Gasteiger partial charge >= 0.3 is 0 Å². The summed E-state index contributed by atoms with van der Waals surface area (Å²) >= 11 is 1.42. The van der Waals surface area contributed by atoms with Crippen LogP contribution in [0.5, 0.6) is 5.88 Å². The van der Waals surface area contributed by atoms with Gasteiger partial charge in [-0.1, -0.05) is 62.9 Å². The van der Waals surface area contributed by atoms with E-state index in [1.807, 2.05) is 6.92 Å². The minimum absolute atomic E-state index is 0.214. The van der Waals surface area contributed by atoms with Crippen molar-refractivity contribution in [3.8, 4) is 5.88 Å². The van der Waals surface area contributed by atoms with E-state index in [4.69, 9.17) is 5.11 Å². The Hall–Kier alpha value is -1.75. The number of aromatic hydroxyl groups is 1. The number of hydrogen-bond acceptors (Lipinski definition) is 4. The van der Waals surface area contributed by atoms with Crippen LogP contribution in [0.2, 0.25) is 0 Å². The molecule has 2 aromatic rings. The number of rotatable bonds is 4. The van der Waals surface area contributed by atoms with Crippen molar-refractivity contribution in [3.63, 3.8) is 0 Å². The van der Waals surface area contributed by atoms with Crippen LogP contribution < -0.4 is 5.56 Å². The molecule has 2 rings (SSSR count). The maximum absolute atomic E-state index is 11.1. The standard InChI is InChI=1S/C10H14.C7H10N2O2S/c1-3-9(2)10-7-5-4-6-8-10;1-3-12-7-8-5(10)4-6(11)9(7)2/h4-9H,3H2,1-2H3;4,10H,3H2,1-2H3. The number of nitrogens with zero attached hydrogens (tertiary/aromatic N) is 2. The molecule has 120 valence electrons. The summed E-state index contributed by atoms with van der Waals surface area (Å²) in [5, 5.41) is 9.55. The van der Waals surface area contributed by atoms with Gasteiger partial charge in [0.05, 0.1) is 6.07 Å². The molecule has 0 spiro atoms. The Balaban J connectivity index is 0.000000224.